The first-order chi connectivity index (χ1) is 12.2. The van der Waals surface area contributed by atoms with Gasteiger partial charge in [-0.15, -0.1) is 0 Å². The average molecular weight is 341 g/mol. The summed E-state index contributed by atoms with van der Waals surface area (Å²) in [7, 11) is 1.67. The molecule has 1 fully saturated rings. The Bertz CT molecular complexity index is 717. The maximum atomic E-state index is 13.0. The van der Waals surface area contributed by atoms with E-state index >= 15 is 0 Å². The number of carbonyl (C=O) groups excluding carboxylic acids is 1. The van der Waals surface area contributed by atoms with E-state index < -0.39 is 5.41 Å². The van der Waals surface area contributed by atoms with Crippen LogP contribution in [0, 0.1) is 6.92 Å². The molecule has 5 heteroatoms. The summed E-state index contributed by atoms with van der Waals surface area (Å²) in [5.41, 5.74) is 0.673. The van der Waals surface area contributed by atoms with Gasteiger partial charge in [0.1, 0.15) is 11.6 Å². The van der Waals surface area contributed by atoms with E-state index in [1.807, 2.05) is 37.5 Å². The van der Waals surface area contributed by atoms with Gasteiger partial charge in [0.15, 0.2) is 0 Å². The molecular weight excluding hydrogens is 314 g/mol. The number of ether oxygens (including phenoxy) is 1. The molecule has 1 aromatic carbocycles. The van der Waals surface area contributed by atoms with Crippen molar-refractivity contribution in [2.24, 2.45) is 0 Å². The van der Waals surface area contributed by atoms with Crippen LogP contribution in [0.2, 0.25) is 0 Å². The predicted octanol–water partition coefficient (Wildman–Crippen LogP) is 3.22. The Morgan fingerprint density at radius 3 is 2.84 bits per heavy atom. The number of methoxy groups -OCH3 is 1. The van der Waals surface area contributed by atoms with Crippen LogP contribution in [-0.4, -0.2) is 29.1 Å². The highest BCUT2D eigenvalue weighted by molar-refractivity contribution is 5.88. The Morgan fingerprint density at radius 2 is 2.16 bits per heavy atom. The van der Waals surface area contributed by atoms with Gasteiger partial charge in [0, 0.05) is 25.5 Å². The van der Waals surface area contributed by atoms with Crippen LogP contribution in [0.15, 0.2) is 36.7 Å². The van der Waals surface area contributed by atoms with Crippen molar-refractivity contribution in [3.8, 4) is 5.75 Å². The summed E-state index contributed by atoms with van der Waals surface area (Å²) in [5.74, 6) is 1.97. The van der Waals surface area contributed by atoms with Crippen LogP contribution >= 0.6 is 0 Å². The highest BCUT2D eigenvalue weighted by Crippen LogP contribution is 2.42. The number of rotatable bonds is 7. The van der Waals surface area contributed by atoms with E-state index in [4.69, 9.17) is 4.74 Å². The Balaban J connectivity index is 1.63. The predicted molar refractivity (Wildman–Crippen MR) is 97.7 cm³/mol. The minimum atomic E-state index is -0.403. The molecule has 1 aliphatic rings. The zero-order valence-electron chi connectivity index (χ0n) is 15.1. The molecule has 1 aliphatic carbocycles. The molecule has 1 aromatic heterocycles. The fraction of sp³-hybridized carbons (Fsp3) is 0.500. The smallest absolute Gasteiger partial charge is 0.230 e. The average Bonchev–Trinajstić information content (AvgIpc) is 3.29. The molecule has 2 aromatic rings. The van der Waals surface area contributed by atoms with Crippen molar-refractivity contribution in [1.29, 1.82) is 0 Å². The third-order valence-corrected chi connectivity index (χ3v) is 5.30. The summed E-state index contributed by atoms with van der Waals surface area (Å²) < 4.78 is 7.46. The number of nitrogens with zero attached hydrogens (tertiary/aromatic N) is 2. The lowest BCUT2D eigenvalue weighted by Crippen LogP contribution is -2.43. The highest BCUT2D eigenvalue weighted by Gasteiger charge is 2.42. The van der Waals surface area contributed by atoms with Gasteiger partial charge >= 0.3 is 0 Å². The summed E-state index contributed by atoms with van der Waals surface area (Å²) in [6.07, 6.45) is 8.70. The van der Waals surface area contributed by atoms with Gasteiger partial charge in [-0.25, -0.2) is 4.98 Å². The Hall–Kier alpha value is -2.30. The summed E-state index contributed by atoms with van der Waals surface area (Å²) in [4.78, 5) is 17.2. The molecule has 25 heavy (non-hydrogen) atoms. The van der Waals surface area contributed by atoms with Crippen LogP contribution in [-0.2, 0) is 16.8 Å². The standard InChI is InChI=1S/C20H27N3O2/c1-16-21-12-14-23(16)13-6-11-22-19(24)20(9-3-4-10-20)17-7-5-8-18(15-17)25-2/h5,7-8,12,14-15H,3-4,6,9-11,13H2,1-2H3,(H,22,24). The van der Waals surface area contributed by atoms with Crippen LogP contribution in [0.5, 0.6) is 5.75 Å². The monoisotopic (exact) mass is 341 g/mol. The Labute approximate surface area is 149 Å². The summed E-state index contributed by atoms with van der Waals surface area (Å²) in [5, 5.41) is 3.17. The molecule has 1 saturated carbocycles. The van der Waals surface area contributed by atoms with Crippen molar-refractivity contribution < 1.29 is 9.53 Å². The molecule has 5 nitrogen and oxygen atoms in total. The van der Waals surface area contributed by atoms with Crippen molar-refractivity contribution in [3.05, 3.63) is 48.0 Å². The first-order valence-corrected chi connectivity index (χ1v) is 9.06. The maximum absolute atomic E-state index is 13.0. The van der Waals surface area contributed by atoms with Crippen molar-refractivity contribution in [2.75, 3.05) is 13.7 Å². The van der Waals surface area contributed by atoms with E-state index in [-0.39, 0.29) is 5.91 Å². The van der Waals surface area contributed by atoms with Gasteiger partial charge in [-0.2, -0.15) is 0 Å². The summed E-state index contributed by atoms with van der Waals surface area (Å²) >= 11 is 0. The number of amides is 1. The number of aromatic nitrogens is 2. The largest absolute Gasteiger partial charge is 0.497 e. The van der Waals surface area contributed by atoms with Gasteiger partial charge in [0.25, 0.3) is 0 Å². The summed E-state index contributed by atoms with van der Waals surface area (Å²) in [6, 6.07) is 7.98. The topological polar surface area (TPSA) is 56.1 Å². The van der Waals surface area contributed by atoms with Crippen molar-refractivity contribution in [3.63, 3.8) is 0 Å². The van der Waals surface area contributed by atoms with Crippen LogP contribution < -0.4 is 10.1 Å². The third kappa shape index (κ3) is 3.70. The van der Waals surface area contributed by atoms with E-state index in [0.717, 1.165) is 55.8 Å². The van der Waals surface area contributed by atoms with Crippen LogP contribution in [0.3, 0.4) is 0 Å². The zero-order valence-corrected chi connectivity index (χ0v) is 15.1. The van der Waals surface area contributed by atoms with E-state index in [9.17, 15) is 4.79 Å². The lowest BCUT2D eigenvalue weighted by Gasteiger charge is -2.28. The van der Waals surface area contributed by atoms with E-state index in [1.165, 1.54) is 0 Å². The van der Waals surface area contributed by atoms with Crippen LogP contribution in [0.4, 0.5) is 0 Å². The van der Waals surface area contributed by atoms with Gasteiger partial charge < -0.3 is 14.6 Å². The summed E-state index contributed by atoms with van der Waals surface area (Å²) in [6.45, 7) is 3.55. The molecule has 134 valence electrons. The van der Waals surface area contributed by atoms with Crippen LogP contribution in [0.25, 0.3) is 0 Å². The maximum Gasteiger partial charge on any atom is 0.230 e. The number of hydrogen-bond donors (Lipinski definition) is 1. The number of aryl methyl sites for hydroxylation is 2. The molecule has 0 radical (unpaired) electrons. The van der Waals surface area contributed by atoms with Gasteiger partial charge in [-0.3, -0.25) is 4.79 Å². The Kier molecular flexibility index (Phi) is 5.41. The SMILES string of the molecule is COc1cccc(C2(C(=O)NCCCn3ccnc3C)CCCC2)c1. The van der Waals surface area contributed by atoms with E-state index in [1.54, 1.807) is 7.11 Å². The fourth-order valence-electron chi connectivity index (χ4n) is 3.81. The molecule has 0 atom stereocenters. The van der Waals surface area contributed by atoms with Gasteiger partial charge in [-0.05, 0) is 43.9 Å². The second-order valence-corrected chi connectivity index (χ2v) is 6.80. The fourth-order valence-corrected chi connectivity index (χ4v) is 3.81. The normalized spacial score (nSPS) is 15.9. The number of imidazole rings is 1. The van der Waals surface area contributed by atoms with Gasteiger partial charge in [0.05, 0.1) is 12.5 Å². The number of nitrogens with one attached hydrogen (secondary N) is 1. The molecule has 0 unspecified atom stereocenters. The highest BCUT2D eigenvalue weighted by atomic mass is 16.5. The quantitative estimate of drug-likeness (QED) is 0.787. The van der Waals surface area contributed by atoms with Crippen molar-refractivity contribution in [1.82, 2.24) is 14.9 Å². The van der Waals surface area contributed by atoms with E-state index in [2.05, 4.69) is 20.9 Å². The van der Waals surface area contributed by atoms with Gasteiger partial charge in [0.2, 0.25) is 5.91 Å². The second kappa shape index (κ2) is 7.72. The zero-order chi connectivity index (χ0) is 17.7. The number of carbonyl (C=O) groups is 1. The first-order valence-electron chi connectivity index (χ1n) is 9.06. The van der Waals surface area contributed by atoms with Crippen molar-refractivity contribution >= 4 is 5.91 Å². The van der Waals surface area contributed by atoms with Gasteiger partial charge in [-0.1, -0.05) is 25.0 Å². The molecule has 1 amide bonds. The third-order valence-electron chi connectivity index (χ3n) is 5.30. The molecule has 0 spiro atoms. The minimum absolute atomic E-state index is 0.153. The number of hydrogen-bond acceptors (Lipinski definition) is 3. The second-order valence-electron chi connectivity index (χ2n) is 6.80. The lowest BCUT2D eigenvalue weighted by molar-refractivity contribution is -0.126. The van der Waals surface area contributed by atoms with Crippen molar-refractivity contribution in [2.45, 2.75) is 51.0 Å². The van der Waals surface area contributed by atoms with Crippen LogP contribution in [0.1, 0.15) is 43.5 Å². The molecule has 3 rings (SSSR count). The molecule has 0 bridgehead atoms. The minimum Gasteiger partial charge on any atom is -0.497 e. The molecule has 1 N–H and O–H groups in total. The Morgan fingerprint density at radius 1 is 1.36 bits per heavy atom. The number of benzene rings is 1. The lowest BCUT2D eigenvalue weighted by atomic mass is 9.78. The first kappa shape index (κ1) is 17.5. The molecule has 0 aliphatic heterocycles. The molecular formula is C20H27N3O2. The van der Waals surface area contributed by atoms with E-state index in [0.29, 0.717) is 6.54 Å². The molecule has 0 saturated heterocycles. The molecule has 1 heterocycles.